The zero-order valence-electron chi connectivity index (χ0n) is 23.6. The smallest absolute Gasteiger partial charge is 0.322 e. The maximum absolute atomic E-state index is 13.4. The first-order valence-electron chi connectivity index (χ1n) is 13.3. The van der Waals surface area contributed by atoms with Crippen LogP contribution in [0.15, 0.2) is 34.4 Å². The molecule has 0 aliphatic heterocycles. The van der Waals surface area contributed by atoms with Crippen LogP contribution < -0.4 is 32.7 Å². The zero-order chi connectivity index (χ0) is 33.1. The molecule has 0 saturated carbocycles. The number of nitrogens with one attached hydrogen (secondary N) is 4. The molecule has 11 N–H and O–H groups in total. The highest BCUT2D eigenvalue weighted by Gasteiger charge is 2.31. The molecule has 0 aliphatic carbocycles. The average molecular weight is 621 g/mol. The first-order valence-corrected chi connectivity index (χ1v) is 13.3. The Kier molecular flexibility index (Phi) is 16.2. The van der Waals surface area contributed by atoms with Gasteiger partial charge in [-0.1, -0.05) is 17.2 Å². The van der Waals surface area contributed by atoms with Crippen LogP contribution in [0.1, 0.15) is 37.7 Å². The van der Waals surface area contributed by atoms with E-state index >= 15 is 0 Å². The molecule has 3 atom stereocenters. The SMILES string of the molecule is [N-]=[N+]=NCCCC(=O)N[C@@H](CC(=O)O)C(=O)N[C@@H](Cc1ccc(O)cc1)C(=O)N[C@@H](CCCN=C(N)N)C(=O)NCC(=O)O. The summed E-state index contributed by atoms with van der Waals surface area (Å²) in [7, 11) is 0. The molecule has 19 heteroatoms. The number of rotatable bonds is 20. The monoisotopic (exact) mass is 620 g/mol. The lowest BCUT2D eigenvalue weighted by molar-refractivity contribution is -0.141. The molecule has 240 valence electrons. The van der Waals surface area contributed by atoms with Crippen molar-refractivity contribution in [1.82, 2.24) is 21.3 Å². The van der Waals surface area contributed by atoms with Crippen LogP contribution in [0, 0.1) is 0 Å². The first-order chi connectivity index (χ1) is 20.8. The largest absolute Gasteiger partial charge is 0.508 e. The number of aromatic hydroxyl groups is 1. The van der Waals surface area contributed by atoms with E-state index in [2.05, 4.69) is 36.3 Å². The van der Waals surface area contributed by atoms with Crippen molar-refractivity contribution in [2.75, 3.05) is 19.6 Å². The summed E-state index contributed by atoms with van der Waals surface area (Å²) in [5.41, 5.74) is 19.4. The topological polar surface area (TPSA) is 324 Å². The molecule has 0 radical (unpaired) electrons. The third-order valence-electron chi connectivity index (χ3n) is 5.76. The maximum atomic E-state index is 13.4. The molecule has 44 heavy (non-hydrogen) atoms. The summed E-state index contributed by atoms with van der Waals surface area (Å²) in [6.07, 6.45) is -0.877. The number of carbonyl (C=O) groups is 6. The normalized spacial score (nSPS) is 12.3. The summed E-state index contributed by atoms with van der Waals surface area (Å²) >= 11 is 0. The number of benzene rings is 1. The van der Waals surface area contributed by atoms with E-state index in [-0.39, 0.29) is 56.9 Å². The number of carbonyl (C=O) groups excluding carboxylic acids is 4. The number of amides is 4. The predicted octanol–water partition coefficient (Wildman–Crippen LogP) is -1.79. The molecule has 4 amide bonds. The summed E-state index contributed by atoms with van der Waals surface area (Å²) in [5.74, 6) is -6.46. The van der Waals surface area contributed by atoms with Gasteiger partial charge in [-0.2, -0.15) is 0 Å². The second-order valence-electron chi connectivity index (χ2n) is 9.33. The van der Waals surface area contributed by atoms with Gasteiger partial charge < -0.3 is 48.1 Å². The van der Waals surface area contributed by atoms with Gasteiger partial charge in [-0.15, -0.1) is 0 Å². The highest BCUT2D eigenvalue weighted by Crippen LogP contribution is 2.12. The van der Waals surface area contributed by atoms with Crippen molar-refractivity contribution < 1.29 is 44.1 Å². The molecule has 1 aromatic rings. The molecule has 0 aromatic heterocycles. The number of hydrogen-bond donors (Lipinski definition) is 9. The van der Waals surface area contributed by atoms with Gasteiger partial charge in [0.1, 0.15) is 30.4 Å². The van der Waals surface area contributed by atoms with Crippen LogP contribution in [0.25, 0.3) is 10.4 Å². The van der Waals surface area contributed by atoms with Crippen molar-refractivity contribution in [2.24, 2.45) is 21.6 Å². The molecule has 1 aromatic carbocycles. The molecule has 0 aliphatic rings. The van der Waals surface area contributed by atoms with Gasteiger partial charge in [-0.25, -0.2) is 0 Å². The number of carboxylic acids is 2. The van der Waals surface area contributed by atoms with Crippen molar-refractivity contribution in [2.45, 2.75) is 56.7 Å². The highest BCUT2D eigenvalue weighted by molar-refractivity contribution is 5.96. The quantitative estimate of drug-likeness (QED) is 0.0196. The molecule has 1 rings (SSSR count). The van der Waals surface area contributed by atoms with E-state index < -0.39 is 66.7 Å². The molecule has 0 heterocycles. The maximum Gasteiger partial charge on any atom is 0.322 e. The van der Waals surface area contributed by atoms with Gasteiger partial charge in [0.05, 0.1) is 6.42 Å². The van der Waals surface area contributed by atoms with E-state index in [1.54, 1.807) is 0 Å². The van der Waals surface area contributed by atoms with Gasteiger partial charge in [-0.05, 0) is 42.5 Å². The Morgan fingerprint density at radius 3 is 2.07 bits per heavy atom. The Morgan fingerprint density at radius 2 is 1.48 bits per heavy atom. The Morgan fingerprint density at radius 1 is 0.841 bits per heavy atom. The molecule has 19 nitrogen and oxygen atoms in total. The fourth-order valence-electron chi connectivity index (χ4n) is 3.69. The molecule has 0 saturated heterocycles. The number of guanidine groups is 1. The average Bonchev–Trinajstić information content (AvgIpc) is 2.95. The number of nitrogens with zero attached hydrogens (tertiary/aromatic N) is 4. The van der Waals surface area contributed by atoms with Gasteiger partial charge in [0.15, 0.2) is 5.96 Å². The van der Waals surface area contributed by atoms with Crippen molar-refractivity contribution in [3.63, 3.8) is 0 Å². The van der Waals surface area contributed by atoms with Crippen LogP contribution in [0.5, 0.6) is 5.75 Å². The third kappa shape index (κ3) is 15.4. The van der Waals surface area contributed by atoms with Gasteiger partial charge >= 0.3 is 11.9 Å². The minimum atomic E-state index is -1.59. The van der Waals surface area contributed by atoms with Crippen molar-refractivity contribution >= 4 is 41.5 Å². The lowest BCUT2D eigenvalue weighted by atomic mass is 10.0. The predicted molar refractivity (Wildman–Crippen MR) is 154 cm³/mol. The molecule has 0 spiro atoms. The molecule has 0 unspecified atom stereocenters. The second kappa shape index (κ2) is 19.5. The van der Waals surface area contributed by atoms with Crippen molar-refractivity contribution in [3.8, 4) is 5.75 Å². The molecule has 0 bridgehead atoms. The number of carboxylic acid groups (broad SMARTS) is 2. The molecule has 0 fully saturated rings. The lowest BCUT2D eigenvalue weighted by Crippen LogP contribution is -2.57. The minimum absolute atomic E-state index is 0.00174. The minimum Gasteiger partial charge on any atom is -0.508 e. The summed E-state index contributed by atoms with van der Waals surface area (Å²) in [4.78, 5) is 80.3. The highest BCUT2D eigenvalue weighted by atomic mass is 16.4. The van der Waals surface area contributed by atoms with E-state index in [0.29, 0.717) is 5.56 Å². The van der Waals surface area contributed by atoms with Crippen molar-refractivity contribution in [3.05, 3.63) is 40.3 Å². The number of hydrogen-bond acceptors (Lipinski definition) is 9. The Hall–Kier alpha value is -5.58. The second-order valence-corrected chi connectivity index (χ2v) is 9.33. The fourth-order valence-corrected chi connectivity index (χ4v) is 3.69. The van der Waals surface area contributed by atoms with Gasteiger partial charge in [0.25, 0.3) is 0 Å². The Bertz CT molecular complexity index is 1250. The summed E-state index contributed by atoms with van der Waals surface area (Å²) in [6, 6.07) is 1.31. The van der Waals surface area contributed by atoms with Gasteiger partial charge in [0, 0.05) is 30.8 Å². The molecular formula is C25H36N10O9. The summed E-state index contributed by atoms with van der Waals surface area (Å²) in [5, 5.41) is 40.4. The third-order valence-corrected chi connectivity index (χ3v) is 5.76. The van der Waals surface area contributed by atoms with Gasteiger partial charge in [0.2, 0.25) is 23.6 Å². The van der Waals surface area contributed by atoms with Gasteiger partial charge in [-0.3, -0.25) is 33.8 Å². The van der Waals surface area contributed by atoms with E-state index in [1.165, 1.54) is 24.3 Å². The van der Waals surface area contributed by atoms with Crippen LogP contribution in [0.4, 0.5) is 0 Å². The Labute approximate surface area is 251 Å². The summed E-state index contributed by atoms with van der Waals surface area (Å²) < 4.78 is 0. The number of aliphatic carboxylic acids is 2. The van der Waals surface area contributed by atoms with Crippen LogP contribution in [-0.2, 0) is 35.2 Å². The van der Waals surface area contributed by atoms with E-state index in [9.17, 15) is 39.0 Å². The van der Waals surface area contributed by atoms with E-state index in [0.717, 1.165) is 0 Å². The van der Waals surface area contributed by atoms with Crippen LogP contribution >= 0.6 is 0 Å². The zero-order valence-corrected chi connectivity index (χ0v) is 23.6. The van der Waals surface area contributed by atoms with Crippen LogP contribution in [0.2, 0.25) is 0 Å². The van der Waals surface area contributed by atoms with Crippen molar-refractivity contribution in [1.29, 1.82) is 0 Å². The fraction of sp³-hybridized carbons (Fsp3) is 0.480. The standard InChI is InChI=1S/C25H36N10O9/c26-25(27)29-9-1-3-16(22(42)30-13-21(40)41)33-23(43)17(11-14-5-7-15(36)8-6-14)34-24(44)18(12-20(38)39)32-19(37)4-2-10-31-35-28/h5-8,16-18,36H,1-4,9-13H2,(H,30,42)(H,32,37)(H,33,43)(H,34,44)(H,38,39)(H,40,41)(H4,26,27,29)/t16-,17-,18-/m0/s1. The van der Waals surface area contributed by atoms with Crippen LogP contribution in [-0.4, -0.2) is 94.6 Å². The number of phenols is 1. The van der Waals surface area contributed by atoms with Crippen LogP contribution in [0.3, 0.4) is 0 Å². The number of nitrogens with two attached hydrogens (primary N) is 2. The molecular weight excluding hydrogens is 584 g/mol. The number of phenolic OH excluding ortho intramolecular Hbond substituents is 1. The number of aliphatic imine (C=N–C) groups is 1. The first kappa shape index (κ1) is 36.4. The van der Waals surface area contributed by atoms with E-state index in [4.69, 9.17) is 22.1 Å². The Balaban J connectivity index is 3.21. The van der Waals surface area contributed by atoms with E-state index in [1.807, 2.05) is 0 Å². The summed E-state index contributed by atoms with van der Waals surface area (Å²) in [6.45, 7) is -0.637. The number of azide groups is 1. The lowest BCUT2D eigenvalue weighted by Gasteiger charge is -2.25.